The average Bonchev–Trinajstić information content (AvgIpc) is 3.30. The van der Waals surface area contributed by atoms with Crippen LogP contribution in [0.1, 0.15) is 31.7 Å². The summed E-state index contributed by atoms with van der Waals surface area (Å²) in [7, 11) is 1.47. The minimum atomic E-state index is -0.639. The summed E-state index contributed by atoms with van der Waals surface area (Å²) in [6.45, 7) is 3.62. The van der Waals surface area contributed by atoms with Gasteiger partial charge in [-0.15, -0.1) is 0 Å². The second-order valence-corrected chi connectivity index (χ2v) is 6.40. The van der Waals surface area contributed by atoms with Crippen molar-refractivity contribution in [3.8, 4) is 0 Å². The Balaban J connectivity index is 1.81. The van der Waals surface area contributed by atoms with E-state index in [9.17, 15) is 4.79 Å². The first kappa shape index (κ1) is 14.4. The van der Waals surface area contributed by atoms with Crippen LogP contribution in [0.5, 0.6) is 0 Å². The first-order valence-corrected chi connectivity index (χ1v) is 7.81. The topological polar surface area (TPSA) is 41.6 Å². The van der Waals surface area contributed by atoms with E-state index < -0.39 is 5.54 Å². The van der Waals surface area contributed by atoms with Crippen LogP contribution < -0.4 is 10.2 Å². The van der Waals surface area contributed by atoms with Gasteiger partial charge in [-0.05, 0) is 44.2 Å². The number of ether oxygens (including phenoxy) is 1. The number of carbonyl (C=O) groups excluding carboxylic acids is 1. The van der Waals surface area contributed by atoms with Crippen LogP contribution in [0, 0.1) is 0 Å². The quantitative estimate of drug-likeness (QED) is 0.843. The van der Waals surface area contributed by atoms with Crippen LogP contribution >= 0.6 is 0 Å². The molecule has 0 bridgehead atoms. The van der Waals surface area contributed by atoms with E-state index in [4.69, 9.17) is 4.74 Å². The van der Waals surface area contributed by atoms with E-state index in [1.807, 2.05) is 6.92 Å². The molecule has 21 heavy (non-hydrogen) atoms. The first-order valence-electron chi connectivity index (χ1n) is 7.81. The molecule has 114 valence electrons. The van der Waals surface area contributed by atoms with Gasteiger partial charge in [0.15, 0.2) is 0 Å². The number of benzene rings is 1. The monoisotopic (exact) mass is 288 g/mol. The molecule has 0 amide bonds. The van der Waals surface area contributed by atoms with E-state index in [-0.39, 0.29) is 5.97 Å². The molecule has 1 aromatic carbocycles. The highest BCUT2D eigenvalue weighted by molar-refractivity contribution is 5.81. The number of aryl methyl sites for hydroxylation is 1. The van der Waals surface area contributed by atoms with E-state index in [1.54, 1.807) is 0 Å². The minimum Gasteiger partial charge on any atom is -0.468 e. The Morgan fingerprint density at radius 2 is 2.19 bits per heavy atom. The third kappa shape index (κ3) is 3.05. The fourth-order valence-electron chi connectivity index (χ4n) is 3.23. The third-order valence-electron chi connectivity index (χ3n) is 4.45. The fraction of sp³-hybridized carbons (Fsp3) is 0.588. The highest BCUT2D eigenvalue weighted by Gasteiger charge is 2.41. The number of hydrogen-bond acceptors (Lipinski definition) is 4. The molecule has 0 saturated heterocycles. The number of nitrogens with zero attached hydrogens (tertiary/aromatic N) is 1. The molecular formula is C17H24N2O2. The lowest BCUT2D eigenvalue weighted by atomic mass is 9.96. The predicted octanol–water partition coefficient (Wildman–Crippen LogP) is 2.12. The van der Waals surface area contributed by atoms with E-state index in [1.165, 1.54) is 18.4 Å². The normalized spacial score (nSPS) is 20.6. The van der Waals surface area contributed by atoms with Gasteiger partial charge in [0.2, 0.25) is 0 Å². The maximum Gasteiger partial charge on any atom is 0.327 e. The molecule has 1 aliphatic carbocycles. The summed E-state index contributed by atoms with van der Waals surface area (Å²) < 4.78 is 5.05. The molecule has 3 rings (SSSR count). The number of nitrogens with one attached hydrogen (secondary N) is 1. The number of fused-ring (bicyclic) bond motifs is 1. The molecule has 0 spiro atoms. The van der Waals surface area contributed by atoms with Crippen LogP contribution in [0.4, 0.5) is 5.69 Å². The summed E-state index contributed by atoms with van der Waals surface area (Å²) in [4.78, 5) is 14.6. The average molecular weight is 288 g/mol. The van der Waals surface area contributed by atoms with Gasteiger partial charge in [-0.2, -0.15) is 0 Å². The zero-order valence-electron chi connectivity index (χ0n) is 12.9. The fourth-order valence-corrected chi connectivity index (χ4v) is 3.23. The summed E-state index contributed by atoms with van der Waals surface area (Å²) in [5.41, 5.74) is 2.00. The van der Waals surface area contributed by atoms with Crippen molar-refractivity contribution in [2.75, 3.05) is 25.1 Å². The number of rotatable bonds is 5. The van der Waals surface area contributed by atoms with Gasteiger partial charge in [0.25, 0.3) is 0 Å². The number of esters is 1. The molecular weight excluding hydrogens is 264 g/mol. The van der Waals surface area contributed by atoms with Crippen LogP contribution in [-0.2, 0) is 16.0 Å². The van der Waals surface area contributed by atoms with E-state index in [2.05, 4.69) is 34.5 Å². The molecule has 0 aromatic heterocycles. The van der Waals surface area contributed by atoms with E-state index in [0.29, 0.717) is 12.6 Å². The van der Waals surface area contributed by atoms with Gasteiger partial charge >= 0.3 is 5.97 Å². The molecule has 1 saturated carbocycles. The van der Waals surface area contributed by atoms with Crippen LogP contribution in [0.25, 0.3) is 0 Å². The summed E-state index contributed by atoms with van der Waals surface area (Å²) in [6.07, 6.45) is 4.57. The Hall–Kier alpha value is -1.55. The van der Waals surface area contributed by atoms with Gasteiger partial charge in [0.05, 0.1) is 7.11 Å². The summed E-state index contributed by atoms with van der Waals surface area (Å²) in [6, 6.07) is 8.97. The van der Waals surface area contributed by atoms with Gasteiger partial charge in [0, 0.05) is 24.8 Å². The second-order valence-electron chi connectivity index (χ2n) is 6.40. The van der Waals surface area contributed by atoms with Crippen molar-refractivity contribution in [2.24, 2.45) is 0 Å². The molecule has 1 atom stereocenters. The highest BCUT2D eigenvalue weighted by atomic mass is 16.5. The van der Waals surface area contributed by atoms with Crippen molar-refractivity contribution in [1.82, 2.24) is 5.32 Å². The standard InChI is InChI=1S/C17H24N2O2/c1-17(16(20)21-2,18-14-9-10-14)12-19-11-5-7-13-6-3-4-8-15(13)19/h3-4,6,8,14,18H,5,7,9-12H2,1-2H3. The number of carbonyl (C=O) groups is 1. The second kappa shape index (κ2) is 5.68. The molecule has 1 aromatic rings. The van der Waals surface area contributed by atoms with E-state index in [0.717, 1.165) is 32.2 Å². The molecule has 1 unspecified atom stereocenters. The van der Waals surface area contributed by atoms with Crippen molar-refractivity contribution >= 4 is 11.7 Å². The van der Waals surface area contributed by atoms with Gasteiger partial charge in [0.1, 0.15) is 5.54 Å². The zero-order chi connectivity index (χ0) is 14.9. The van der Waals surface area contributed by atoms with Gasteiger partial charge in [-0.25, -0.2) is 4.79 Å². The molecule has 4 nitrogen and oxygen atoms in total. The lowest BCUT2D eigenvalue weighted by Gasteiger charge is -2.38. The molecule has 1 N–H and O–H groups in total. The van der Waals surface area contributed by atoms with Crippen molar-refractivity contribution in [3.05, 3.63) is 29.8 Å². The predicted molar refractivity (Wildman–Crippen MR) is 83.6 cm³/mol. The van der Waals surface area contributed by atoms with Crippen LogP contribution in [0.2, 0.25) is 0 Å². The van der Waals surface area contributed by atoms with Gasteiger partial charge in [-0.1, -0.05) is 18.2 Å². The maximum absolute atomic E-state index is 12.3. The Morgan fingerprint density at radius 3 is 2.90 bits per heavy atom. The highest BCUT2D eigenvalue weighted by Crippen LogP contribution is 2.30. The zero-order valence-corrected chi connectivity index (χ0v) is 12.9. The number of hydrogen-bond donors (Lipinski definition) is 1. The van der Waals surface area contributed by atoms with Crippen molar-refractivity contribution in [3.63, 3.8) is 0 Å². The summed E-state index contributed by atoms with van der Waals surface area (Å²) in [5.74, 6) is -0.169. The molecule has 1 heterocycles. The number of para-hydroxylation sites is 1. The lowest BCUT2D eigenvalue weighted by molar-refractivity contribution is -0.147. The minimum absolute atomic E-state index is 0.169. The third-order valence-corrected chi connectivity index (χ3v) is 4.45. The summed E-state index contributed by atoms with van der Waals surface area (Å²) >= 11 is 0. The molecule has 2 aliphatic rings. The largest absolute Gasteiger partial charge is 0.468 e. The Bertz CT molecular complexity index is 527. The Morgan fingerprint density at radius 1 is 1.43 bits per heavy atom. The molecule has 0 radical (unpaired) electrons. The smallest absolute Gasteiger partial charge is 0.327 e. The SMILES string of the molecule is COC(=O)C(C)(CN1CCCc2ccccc21)NC1CC1. The van der Waals surface area contributed by atoms with Crippen molar-refractivity contribution in [2.45, 2.75) is 44.2 Å². The first-order chi connectivity index (χ1) is 10.1. The van der Waals surface area contributed by atoms with E-state index >= 15 is 0 Å². The Labute approximate surface area is 126 Å². The van der Waals surface area contributed by atoms with Gasteiger partial charge < -0.3 is 9.64 Å². The summed E-state index contributed by atoms with van der Waals surface area (Å²) in [5, 5.41) is 3.48. The molecule has 1 fully saturated rings. The van der Waals surface area contributed by atoms with Crippen LogP contribution in [0.3, 0.4) is 0 Å². The lowest BCUT2D eigenvalue weighted by Crippen LogP contribution is -2.58. The van der Waals surface area contributed by atoms with Crippen LogP contribution in [-0.4, -0.2) is 37.7 Å². The van der Waals surface area contributed by atoms with Gasteiger partial charge in [-0.3, -0.25) is 5.32 Å². The molecule has 1 aliphatic heterocycles. The Kier molecular flexibility index (Phi) is 3.89. The number of anilines is 1. The van der Waals surface area contributed by atoms with Crippen LogP contribution in [0.15, 0.2) is 24.3 Å². The van der Waals surface area contributed by atoms with Crippen molar-refractivity contribution in [1.29, 1.82) is 0 Å². The van der Waals surface area contributed by atoms with Crippen molar-refractivity contribution < 1.29 is 9.53 Å². The maximum atomic E-state index is 12.3. The molecule has 4 heteroatoms. The number of methoxy groups -OCH3 is 1.